The van der Waals surface area contributed by atoms with Crippen LogP contribution in [0.15, 0.2) is 0 Å². The number of aliphatic hydroxyl groups is 11. The standard InChI is InChI=1S/C48H80O18/c1-20(2)23(51)10-9-21(3)31-24(52)15-45(7)28-12-11-27-44(5,6)30(13-14-47(27)19-48(28,47)16-29(53)46(31,45)8)64-43-40(36(58)34(56)26(18-50)63-43)66-42-38(60)39(32(54)22(4)61-42)65-41-37(59)35(57)33(55)25(17-49)62-41/h20-22,24-43,49-50,52-60H,9-19H2,1-8H3/t21-,22+,24+,25-,26-,27+,28+,29+,30+,31+,32+,33-,34-,35+,36+,37-,38-,39-,40-,41+,42+,43+,45+,46-,47-,48+/m1/s1. The monoisotopic (exact) mass is 945 g/mol. The number of hydrogen-bond donors (Lipinski definition) is 11. The predicted octanol–water partition coefficient (Wildman–Crippen LogP) is -0.130. The second-order valence-electron chi connectivity index (χ2n) is 23.3. The quantitative estimate of drug-likeness (QED) is 0.107. The Morgan fingerprint density at radius 2 is 1.24 bits per heavy atom. The minimum Gasteiger partial charge on any atom is -0.394 e. The summed E-state index contributed by atoms with van der Waals surface area (Å²) in [5.41, 5.74) is -1.55. The van der Waals surface area contributed by atoms with Crippen LogP contribution in [0.4, 0.5) is 0 Å². The molecular weight excluding hydrogens is 865 g/mol. The summed E-state index contributed by atoms with van der Waals surface area (Å²) in [4.78, 5) is 12.7. The first kappa shape index (κ1) is 51.3. The van der Waals surface area contributed by atoms with E-state index in [-0.39, 0.29) is 51.6 Å². The van der Waals surface area contributed by atoms with Gasteiger partial charge in [-0.3, -0.25) is 4.79 Å². The fraction of sp³-hybridized carbons (Fsp3) is 0.979. The van der Waals surface area contributed by atoms with E-state index >= 15 is 0 Å². The molecule has 3 heterocycles. The normalized spacial score (nSPS) is 54.8. The van der Waals surface area contributed by atoms with Gasteiger partial charge in [-0.1, -0.05) is 48.5 Å². The second kappa shape index (κ2) is 18.2. The van der Waals surface area contributed by atoms with Crippen LogP contribution < -0.4 is 0 Å². The van der Waals surface area contributed by atoms with Crippen molar-refractivity contribution in [3.8, 4) is 0 Å². The van der Waals surface area contributed by atoms with Gasteiger partial charge in [0, 0.05) is 17.8 Å². The number of hydrogen-bond acceptors (Lipinski definition) is 18. The van der Waals surface area contributed by atoms with Crippen molar-refractivity contribution < 1.29 is 89.4 Å². The Balaban J connectivity index is 0.995. The van der Waals surface area contributed by atoms with E-state index in [1.54, 1.807) is 0 Å². The van der Waals surface area contributed by atoms with Crippen LogP contribution >= 0.6 is 0 Å². The van der Waals surface area contributed by atoms with Gasteiger partial charge < -0.3 is 84.6 Å². The molecular formula is C48H80O18. The fourth-order valence-corrected chi connectivity index (χ4v) is 15.8. The van der Waals surface area contributed by atoms with Crippen LogP contribution in [0.1, 0.15) is 113 Å². The molecule has 11 N–H and O–H groups in total. The van der Waals surface area contributed by atoms with Gasteiger partial charge in [-0.2, -0.15) is 0 Å². The highest BCUT2D eigenvalue weighted by molar-refractivity contribution is 5.80. The van der Waals surface area contributed by atoms with Crippen LogP contribution in [0.2, 0.25) is 0 Å². The first-order chi connectivity index (χ1) is 30.9. The maximum absolute atomic E-state index is 12.7. The van der Waals surface area contributed by atoms with Gasteiger partial charge >= 0.3 is 0 Å². The molecule has 0 aromatic heterocycles. The minimum atomic E-state index is -1.84. The minimum absolute atomic E-state index is 0.0450. The lowest BCUT2D eigenvalue weighted by atomic mass is 9.41. The highest BCUT2D eigenvalue weighted by Gasteiger charge is 2.84. The van der Waals surface area contributed by atoms with Crippen molar-refractivity contribution in [3.63, 3.8) is 0 Å². The van der Waals surface area contributed by atoms with Gasteiger partial charge in [0.05, 0.1) is 37.6 Å². The predicted molar refractivity (Wildman–Crippen MR) is 230 cm³/mol. The highest BCUT2D eigenvalue weighted by Crippen LogP contribution is 2.89. The van der Waals surface area contributed by atoms with Gasteiger partial charge in [0.1, 0.15) is 72.9 Å². The Morgan fingerprint density at radius 3 is 1.88 bits per heavy atom. The molecule has 0 unspecified atom stereocenters. The maximum Gasteiger partial charge on any atom is 0.187 e. The topological polar surface area (TPSA) is 295 Å². The van der Waals surface area contributed by atoms with E-state index in [0.29, 0.717) is 32.1 Å². The fourth-order valence-electron chi connectivity index (χ4n) is 15.8. The summed E-state index contributed by atoms with van der Waals surface area (Å²) in [6.45, 7) is 14.9. The van der Waals surface area contributed by atoms with Crippen molar-refractivity contribution in [1.29, 1.82) is 0 Å². The van der Waals surface area contributed by atoms with Crippen LogP contribution in [0.3, 0.4) is 0 Å². The number of Topliss-reactive ketones (excluding diaryl/α,β-unsaturated/α-hetero) is 1. The molecule has 5 saturated carbocycles. The van der Waals surface area contributed by atoms with E-state index in [4.69, 9.17) is 28.4 Å². The molecule has 18 heteroatoms. The molecule has 5 aliphatic carbocycles. The molecule has 8 rings (SSSR count). The van der Waals surface area contributed by atoms with Crippen molar-refractivity contribution in [2.45, 2.75) is 224 Å². The number of carbonyl (C=O) groups is 1. The largest absolute Gasteiger partial charge is 0.394 e. The zero-order chi connectivity index (χ0) is 48.4. The molecule has 3 saturated heterocycles. The number of ketones is 1. The van der Waals surface area contributed by atoms with E-state index in [9.17, 15) is 61.0 Å². The smallest absolute Gasteiger partial charge is 0.187 e. The number of fused-ring (bicyclic) bond motifs is 2. The van der Waals surface area contributed by atoms with Crippen molar-refractivity contribution in [2.75, 3.05) is 13.2 Å². The van der Waals surface area contributed by atoms with E-state index in [1.165, 1.54) is 6.92 Å². The summed E-state index contributed by atoms with van der Waals surface area (Å²) >= 11 is 0. The van der Waals surface area contributed by atoms with E-state index in [0.717, 1.165) is 25.7 Å². The molecule has 0 bridgehead atoms. The summed E-state index contributed by atoms with van der Waals surface area (Å²) in [6.07, 6.45) is -18.7. The second-order valence-corrected chi connectivity index (χ2v) is 23.3. The lowest BCUT2D eigenvalue weighted by Crippen LogP contribution is -2.66. The van der Waals surface area contributed by atoms with E-state index in [2.05, 4.69) is 34.6 Å². The van der Waals surface area contributed by atoms with Crippen molar-refractivity contribution in [2.24, 2.45) is 56.7 Å². The molecule has 2 spiro atoms. The number of ether oxygens (including phenoxy) is 6. The van der Waals surface area contributed by atoms with Crippen LogP contribution in [-0.2, 0) is 33.2 Å². The van der Waals surface area contributed by atoms with Gasteiger partial charge in [0.15, 0.2) is 18.9 Å². The lowest BCUT2D eigenvalue weighted by molar-refractivity contribution is -0.388. The molecule has 380 valence electrons. The number of rotatable bonds is 13. The average molecular weight is 945 g/mol. The highest BCUT2D eigenvalue weighted by atomic mass is 16.8. The Labute approximate surface area is 387 Å². The van der Waals surface area contributed by atoms with Crippen molar-refractivity contribution in [3.05, 3.63) is 0 Å². The maximum atomic E-state index is 12.7. The molecule has 18 nitrogen and oxygen atoms in total. The SMILES string of the molecule is CC(C)C(=O)CC[C@@H](C)[C@H]1[C@@H](O)C[C@@]2(C)[C@@H]3CC[C@H]4C(C)(C)[C@@H](O[C@@H]5O[C@H](CO)[C@@H](O)[C@H](O)[C@H]5O[C@@H]5O[C@@H](C)[C@H](O)[C@@H](O[C@@H]6O[C@H](CO)[C@@H](O)[C@H](O)[C@H]6O)[C@H]5O)CC[C@@]45C[C@@]35C[C@H](O)[C@]12C. The molecule has 0 aromatic rings. The Morgan fingerprint density at radius 1 is 0.652 bits per heavy atom. The molecule has 0 aromatic carbocycles. The third-order valence-corrected chi connectivity index (χ3v) is 19.6. The number of carbonyl (C=O) groups excluding carboxylic acids is 1. The summed E-state index contributed by atoms with van der Waals surface area (Å²) < 4.78 is 36.4. The third kappa shape index (κ3) is 7.73. The summed E-state index contributed by atoms with van der Waals surface area (Å²) in [5.74, 6) is 0.542. The zero-order valence-electron chi connectivity index (χ0n) is 39.8. The van der Waals surface area contributed by atoms with Crippen LogP contribution in [0.25, 0.3) is 0 Å². The molecule has 0 radical (unpaired) electrons. The zero-order valence-corrected chi connectivity index (χ0v) is 39.8. The Kier molecular flexibility index (Phi) is 14.2. The Bertz CT molecular complexity index is 1730. The van der Waals surface area contributed by atoms with Gasteiger partial charge in [-0.15, -0.1) is 0 Å². The summed E-state index contributed by atoms with van der Waals surface area (Å²) in [7, 11) is 0. The van der Waals surface area contributed by atoms with Crippen LogP contribution in [-0.4, -0.2) is 186 Å². The third-order valence-electron chi connectivity index (χ3n) is 19.6. The van der Waals surface area contributed by atoms with Crippen molar-refractivity contribution in [1.82, 2.24) is 0 Å². The van der Waals surface area contributed by atoms with Crippen LogP contribution in [0.5, 0.6) is 0 Å². The van der Waals surface area contributed by atoms with E-state index < -0.39 is 134 Å². The first-order valence-electron chi connectivity index (χ1n) is 24.7. The average Bonchev–Trinajstić information content (AvgIpc) is 3.86. The van der Waals surface area contributed by atoms with Gasteiger partial charge in [0.25, 0.3) is 0 Å². The molecule has 3 aliphatic heterocycles. The summed E-state index contributed by atoms with van der Waals surface area (Å²) in [5, 5.41) is 121. The first-order valence-corrected chi connectivity index (χ1v) is 24.7. The van der Waals surface area contributed by atoms with E-state index in [1.807, 2.05) is 13.8 Å². The lowest BCUT2D eigenvalue weighted by Gasteiger charge is -2.64. The van der Waals surface area contributed by atoms with Gasteiger partial charge in [-0.25, -0.2) is 0 Å². The number of aliphatic hydroxyl groups excluding tert-OH is 11. The van der Waals surface area contributed by atoms with Crippen LogP contribution in [0, 0.1) is 56.7 Å². The van der Waals surface area contributed by atoms with Gasteiger partial charge in [0.2, 0.25) is 0 Å². The van der Waals surface area contributed by atoms with Gasteiger partial charge in [-0.05, 0) is 104 Å². The molecule has 0 amide bonds. The molecule has 26 atom stereocenters. The summed E-state index contributed by atoms with van der Waals surface area (Å²) in [6, 6.07) is 0. The molecule has 66 heavy (non-hydrogen) atoms. The van der Waals surface area contributed by atoms with Crippen molar-refractivity contribution >= 4 is 5.78 Å². The Hall–Kier alpha value is -1.01. The molecule has 8 aliphatic rings. The molecule has 8 fully saturated rings.